The molecule has 2 rings (SSSR count). The maximum atomic E-state index is 5.67. The molecule has 1 unspecified atom stereocenters. The Morgan fingerprint density at radius 1 is 1.40 bits per heavy atom. The highest BCUT2D eigenvalue weighted by atomic mass is 14.9. The molecule has 2 nitrogen and oxygen atoms in total. The van der Waals surface area contributed by atoms with Gasteiger partial charge in [-0.3, -0.25) is 0 Å². The van der Waals surface area contributed by atoms with Crippen LogP contribution in [0.25, 0.3) is 5.52 Å². The van der Waals surface area contributed by atoms with E-state index >= 15 is 0 Å². The molecule has 2 aromatic heterocycles. The van der Waals surface area contributed by atoms with E-state index in [1.165, 1.54) is 16.8 Å². The van der Waals surface area contributed by atoms with Crippen LogP contribution in [0, 0.1) is 12.8 Å². The second-order valence-corrected chi connectivity index (χ2v) is 4.31. The van der Waals surface area contributed by atoms with E-state index in [2.05, 4.69) is 48.7 Å². The summed E-state index contributed by atoms with van der Waals surface area (Å²) in [6.07, 6.45) is 3.18. The van der Waals surface area contributed by atoms with Crippen molar-refractivity contribution in [2.75, 3.05) is 6.54 Å². The van der Waals surface area contributed by atoms with Gasteiger partial charge in [0.1, 0.15) is 0 Å². The molecular weight excluding hydrogens is 184 g/mol. The van der Waals surface area contributed by atoms with Crippen molar-refractivity contribution in [1.29, 1.82) is 0 Å². The van der Waals surface area contributed by atoms with Crippen molar-refractivity contribution in [3.05, 3.63) is 41.7 Å². The fourth-order valence-corrected chi connectivity index (χ4v) is 1.99. The fraction of sp³-hybridized carbons (Fsp3) is 0.385. The molecule has 0 aliphatic rings. The highest BCUT2D eigenvalue weighted by Gasteiger charge is 2.09. The normalized spacial score (nSPS) is 13.3. The van der Waals surface area contributed by atoms with Crippen molar-refractivity contribution in [2.24, 2.45) is 11.7 Å². The lowest BCUT2D eigenvalue weighted by atomic mass is 10.0. The summed E-state index contributed by atoms with van der Waals surface area (Å²) < 4.78 is 2.27. The minimum Gasteiger partial charge on any atom is -0.330 e. The highest BCUT2D eigenvalue weighted by molar-refractivity contribution is 5.53. The molecule has 0 saturated carbocycles. The molecule has 0 aliphatic heterocycles. The molecule has 80 valence electrons. The van der Waals surface area contributed by atoms with Gasteiger partial charge in [-0.05, 0) is 49.6 Å². The maximum Gasteiger partial charge on any atom is 0.0455 e. The van der Waals surface area contributed by atoms with E-state index in [-0.39, 0.29) is 0 Å². The van der Waals surface area contributed by atoms with Crippen molar-refractivity contribution in [2.45, 2.75) is 20.3 Å². The summed E-state index contributed by atoms with van der Waals surface area (Å²) in [6, 6.07) is 8.52. The summed E-state index contributed by atoms with van der Waals surface area (Å²) in [4.78, 5) is 0. The van der Waals surface area contributed by atoms with Crippen LogP contribution in [0.2, 0.25) is 0 Å². The molecule has 0 spiro atoms. The monoisotopic (exact) mass is 202 g/mol. The first kappa shape index (κ1) is 10.2. The van der Waals surface area contributed by atoms with Crippen molar-refractivity contribution >= 4 is 5.52 Å². The molecule has 2 heteroatoms. The number of aromatic nitrogens is 1. The number of fused-ring (bicyclic) bond motifs is 1. The second-order valence-electron chi connectivity index (χ2n) is 4.31. The number of hydrogen-bond donors (Lipinski definition) is 1. The molecule has 1 atom stereocenters. The SMILES string of the molecule is Cc1cc2ccccn2c1CC(C)CN. The Labute approximate surface area is 90.7 Å². The fourth-order valence-electron chi connectivity index (χ4n) is 1.99. The van der Waals surface area contributed by atoms with Gasteiger partial charge in [0.05, 0.1) is 0 Å². The van der Waals surface area contributed by atoms with Crippen LogP contribution in [0.5, 0.6) is 0 Å². The van der Waals surface area contributed by atoms with Gasteiger partial charge in [-0.15, -0.1) is 0 Å². The van der Waals surface area contributed by atoms with Crippen molar-refractivity contribution < 1.29 is 0 Å². The lowest BCUT2D eigenvalue weighted by molar-refractivity contribution is 0.580. The van der Waals surface area contributed by atoms with Gasteiger partial charge in [-0.1, -0.05) is 13.0 Å². The smallest absolute Gasteiger partial charge is 0.0455 e. The molecule has 0 aromatic carbocycles. The highest BCUT2D eigenvalue weighted by Crippen LogP contribution is 2.18. The predicted molar refractivity (Wildman–Crippen MR) is 64.1 cm³/mol. The molecule has 0 fully saturated rings. The summed E-state index contributed by atoms with van der Waals surface area (Å²) in [5.41, 5.74) is 9.70. The Kier molecular flexibility index (Phi) is 2.78. The Bertz CT molecular complexity index is 457. The first-order valence-corrected chi connectivity index (χ1v) is 5.48. The van der Waals surface area contributed by atoms with Crippen LogP contribution in [0.15, 0.2) is 30.5 Å². The molecule has 0 bridgehead atoms. The topological polar surface area (TPSA) is 30.4 Å². The van der Waals surface area contributed by atoms with Gasteiger partial charge in [-0.25, -0.2) is 0 Å². The quantitative estimate of drug-likeness (QED) is 0.814. The van der Waals surface area contributed by atoms with Crippen LogP contribution in [0.3, 0.4) is 0 Å². The third-order valence-corrected chi connectivity index (χ3v) is 2.95. The number of hydrogen-bond acceptors (Lipinski definition) is 1. The molecular formula is C13H18N2. The first-order chi connectivity index (χ1) is 7.22. The summed E-state index contributed by atoms with van der Waals surface area (Å²) in [7, 11) is 0. The van der Waals surface area contributed by atoms with Gasteiger partial charge in [0.25, 0.3) is 0 Å². The molecule has 0 saturated heterocycles. The Morgan fingerprint density at radius 2 is 2.20 bits per heavy atom. The van der Waals surface area contributed by atoms with Crippen LogP contribution in [0.4, 0.5) is 0 Å². The van der Waals surface area contributed by atoms with Crippen LogP contribution < -0.4 is 5.73 Å². The van der Waals surface area contributed by atoms with Crippen molar-refractivity contribution in [3.63, 3.8) is 0 Å². The lowest BCUT2D eigenvalue weighted by Gasteiger charge is -2.09. The zero-order valence-electron chi connectivity index (χ0n) is 9.40. The Balaban J connectivity index is 2.45. The number of pyridine rings is 1. The van der Waals surface area contributed by atoms with Crippen LogP contribution in [-0.4, -0.2) is 10.9 Å². The summed E-state index contributed by atoms with van der Waals surface area (Å²) >= 11 is 0. The molecule has 0 aliphatic carbocycles. The minimum absolute atomic E-state index is 0.544. The Morgan fingerprint density at radius 3 is 2.93 bits per heavy atom. The summed E-state index contributed by atoms with van der Waals surface area (Å²) in [6.45, 7) is 5.12. The molecule has 0 radical (unpaired) electrons. The number of nitrogens with zero attached hydrogens (tertiary/aromatic N) is 1. The minimum atomic E-state index is 0.544. The van der Waals surface area contributed by atoms with E-state index in [4.69, 9.17) is 5.73 Å². The van der Waals surface area contributed by atoms with Gasteiger partial charge in [0, 0.05) is 17.4 Å². The second kappa shape index (κ2) is 4.07. The Hall–Kier alpha value is -1.28. The van der Waals surface area contributed by atoms with E-state index in [1.54, 1.807) is 0 Å². The maximum absolute atomic E-state index is 5.67. The molecule has 0 amide bonds. The zero-order valence-corrected chi connectivity index (χ0v) is 9.40. The van der Waals surface area contributed by atoms with Gasteiger partial charge >= 0.3 is 0 Å². The summed E-state index contributed by atoms with van der Waals surface area (Å²) in [5, 5.41) is 0. The molecule has 15 heavy (non-hydrogen) atoms. The van der Waals surface area contributed by atoms with Crippen LogP contribution >= 0.6 is 0 Å². The van der Waals surface area contributed by atoms with Gasteiger partial charge in [0.2, 0.25) is 0 Å². The lowest BCUT2D eigenvalue weighted by Crippen LogP contribution is -2.14. The van der Waals surface area contributed by atoms with Crippen LogP contribution in [0.1, 0.15) is 18.2 Å². The average Bonchev–Trinajstić information content (AvgIpc) is 2.55. The van der Waals surface area contributed by atoms with Gasteiger partial charge < -0.3 is 10.1 Å². The van der Waals surface area contributed by atoms with Crippen molar-refractivity contribution in [1.82, 2.24) is 4.40 Å². The first-order valence-electron chi connectivity index (χ1n) is 5.48. The van der Waals surface area contributed by atoms with E-state index in [0.717, 1.165) is 13.0 Å². The van der Waals surface area contributed by atoms with Gasteiger partial charge in [0.15, 0.2) is 0 Å². The third-order valence-electron chi connectivity index (χ3n) is 2.95. The average molecular weight is 202 g/mol. The van der Waals surface area contributed by atoms with Crippen molar-refractivity contribution in [3.8, 4) is 0 Å². The van der Waals surface area contributed by atoms with E-state index in [0.29, 0.717) is 5.92 Å². The molecule has 2 aromatic rings. The van der Waals surface area contributed by atoms with Crippen LogP contribution in [-0.2, 0) is 6.42 Å². The number of rotatable bonds is 3. The largest absolute Gasteiger partial charge is 0.330 e. The number of aryl methyl sites for hydroxylation is 1. The standard InChI is InChI=1S/C13H18N2/c1-10(9-14)7-13-11(2)8-12-5-3-4-6-15(12)13/h3-6,8,10H,7,9,14H2,1-2H3. The zero-order chi connectivity index (χ0) is 10.8. The molecule has 2 N–H and O–H groups in total. The van der Waals surface area contributed by atoms with E-state index < -0.39 is 0 Å². The summed E-state index contributed by atoms with van der Waals surface area (Å²) in [5.74, 6) is 0.544. The third kappa shape index (κ3) is 1.90. The number of nitrogens with two attached hydrogens (primary N) is 1. The molecule has 2 heterocycles. The van der Waals surface area contributed by atoms with E-state index in [1.807, 2.05) is 0 Å². The van der Waals surface area contributed by atoms with E-state index in [9.17, 15) is 0 Å². The van der Waals surface area contributed by atoms with Gasteiger partial charge in [-0.2, -0.15) is 0 Å². The predicted octanol–water partition coefficient (Wildman–Crippen LogP) is 2.39.